The highest BCUT2D eigenvalue weighted by atomic mass is 32.2. The van der Waals surface area contributed by atoms with Crippen LogP contribution >= 0.6 is 0 Å². The second-order valence-corrected chi connectivity index (χ2v) is 10.5. The van der Waals surface area contributed by atoms with Gasteiger partial charge in [0, 0.05) is 32.9 Å². The molecule has 4 N–H and O–H groups in total. The zero-order chi connectivity index (χ0) is 25.0. The van der Waals surface area contributed by atoms with Crippen molar-refractivity contribution in [3.05, 3.63) is 53.6 Å². The number of hydrogen-bond acceptors (Lipinski definition) is 7. The number of ether oxygens (including phenoxy) is 1. The highest BCUT2D eigenvalue weighted by Crippen LogP contribution is 2.27. The van der Waals surface area contributed by atoms with E-state index in [2.05, 4.69) is 39.2 Å². The summed E-state index contributed by atoms with van der Waals surface area (Å²) in [5.41, 5.74) is 3.07. The number of anilines is 2. The van der Waals surface area contributed by atoms with Crippen LogP contribution in [-0.4, -0.2) is 65.3 Å². The lowest BCUT2D eigenvalue weighted by Gasteiger charge is -2.15. The molecule has 34 heavy (non-hydrogen) atoms. The average molecular weight is 494 g/mol. The van der Waals surface area contributed by atoms with Crippen molar-refractivity contribution < 1.29 is 23.4 Å². The fourth-order valence-corrected chi connectivity index (χ4v) is 4.02. The number of hydrogen-bond donors (Lipinski definition) is 4. The van der Waals surface area contributed by atoms with Gasteiger partial charge in [0.05, 0.1) is 24.7 Å². The number of nitrogens with zero attached hydrogens (tertiary/aromatic N) is 1. The zero-order valence-electron chi connectivity index (χ0n) is 20.5. The third kappa shape index (κ3) is 10.7. The molecule has 0 aliphatic rings. The zero-order valence-corrected chi connectivity index (χ0v) is 21.3. The van der Waals surface area contributed by atoms with Crippen LogP contribution in [0.5, 0.6) is 5.75 Å². The van der Waals surface area contributed by atoms with E-state index in [1.807, 2.05) is 14.1 Å². The molecule has 2 rings (SSSR count). The summed E-state index contributed by atoms with van der Waals surface area (Å²) in [7, 11) is 0.557. The third-order valence-electron chi connectivity index (χ3n) is 5.42. The first kappa shape index (κ1) is 27.9. The lowest BCUT2D eigenvalue weighted by molar-refractivity contribution is 0.133. The molecule has 0 bridgehead atoms. The average Bonchev–Trinajstić information content (AvgIpc) is 2.78. The number of aliphatic hydroxyl groups excluding tert-OH is 1. The number of aromatic hydroxyl groups is 1. The molecule has 1 unspecified atom stereocenters. The molecule has 0 saturated carbocycles. The summed E-state index contributed by atoms with van der Waals surface area (Å²) in [4.78, 5) is 2.09. The van der Waals surface area contributed by atoms with E-state index < -0.39 is 16.1 Å². The molecule has 0 saturated heterocycles. The largest absolute Gasteiger partial charge is 0.506 e. The van der Waals surface area contributed by atoms with Gasteiger partial charge in [-0.05, 0) is 61.2 Å². The minimum absolute atomic E-state index is 0.0588. The van der Waals surface area contributed by atoms with Gasteiger partial charge in [0.2, 0.25) is 10.0 Å². The molecule has 2 aromatic carbocycles. The molecule has 0 aromatic heterocycles. The second kappa shape index (κ2) is 14.2. The Morgan fingerprint density at radius 1 is 1.00 bits per heavy atom. The molecule has 0 spiro atoms. The molecule has 8 nitrogen and oxygen atoms in total. The quantitative estimate of drug-likeness (QED) is 0.210. The Balaban J connectivity index is 1.51. The number of sulfonamides is 1. The summed E-state index contributed by atoms with van der Waals surface area (Å²) in [5, 5.41) is 23.3. The summed E-state index contributed by atoms with van der Waals surface area (Å²) >= 11 is 0. The van der Waals surface area contributed by atoms with E-state index >= 15 is 0 Å². The third-order valence-corrected chi connectivity index (χ3v) is 6.01. The van der Waals surface area contributed by atoms with Crippen molar-refractivity contribution in [2.45, 2.75) is 38.2 Å². The SMILES string of the molecule is CN(C)c1ccc(CCOCCCCCCNCC(O)c2ccc(O)c(NS(C)(=O)=O)c2)cc1. The minimum atomic E-state index is -3.51. The van der Waals surface area contributed by atoms with E-state index in [1.54, 1.807) is 6.07 Å². The van der Waals surface area contributed by atoms with E-state index in [0.29, 0.717) is 12.1 Å². The number of aliphatic hydroxyl groups is 1. The molecule has 0 amide bonds. The van der Waals surface area contributed by atoms with Crippen LogP contribution in [0.25, 0.3) is 0 Å². The van der Waals surface area contributed by atoms with Crippen LogP contribution in [0.4, 0.5) is 11.4 Å². The highest BCUT2D eigenvalue weighted by molar-refractivity contribution is 7.92. The Morgan fingerprint density at radius 3 is 2.38 bits per heavy atom. The molecule has 9 heteroatoms. The molecular weight excluding hydrogens is 454 g/mol. The summed E-state index contributed by atoms with van der Waals surface area (Å²) < 4.78 is 30.8. The molecule has 190 valence electrons. The van der Waals surface area contributed by atoms with Crippen molar-refractivity contribution in [2.75, 3.05) is 56.3 Å². The first-order chi connectivity index (χ1) is 16.2. The van der Waals surface area contributed by atoms with Gasteiger partial charge in [-0.1, -0.05) is 31.0 Å². The summed E-state index contributed by atoms with van der Waals surface area (Å²) in [6.07, 6.45) is 5.35. The van der Waals surface area contributed by atoms with Crippen LogP contribution in [0.3, 0.4) is 0 Å². The Bertz CT molecular complexity index is 965. The lowest BCUT2D eigenvalue weighted by Crippen LogP contribution is -2.22. The van der Waals surface area contributed by atoms with Crippen LogP contribution in [0, 0.1) is 0 Å². The standard InChI is InChI=1S/C25H39N3O5S/c1-28(2)22-11-8-20(9-12-22)14-17-33-16-7-5-4-6-15-26-19-25(30)21-10-13-24(29)23(18-21)27-34(3,31)32/h8-13,18,25-27,29-30H,4-7,14-17,19H2,1-3H3. The Morgan fingerprint density at radius 2 is 1.71 bits per heavy atom. The van der Waals surface area contributed by atoms with Crippen LogP contribution < -0.4 is 14.9 Å². The van der Waals surface area contributed by atoms with Crippen molar-refractivity contribution >= 4 is 21.4 Å². The lowest BCUT2D eigenvalue weighted by atomic mass is 10.1. The number of phenols is 1. The first-order valence-electron chi connectivity index (χ1n) is 11.7. The number of rotatable bonds is 16. The molecule has 0 radical (unpaired) electrons. The van der Waals surface area contributed by atoms with Crippen molar-refractivity contribution in [3.8, 4) is 5.75 Å². The Hall–Kier alpha value is -2.33. The maximum Gasteiger partial charge on any atom is 0.229 e. The molecule has 1 atom stereocenters. The fraction of sp³-hybridized carbons (Fsp3) is 0.520. The Labute approximate surface area is 204 Å². The van der Waals surface area contributed by atoms with Crippen molar-refractivity contribution in [3.63, 3.8) is 0 Å². The summed E-state index contributed by atoms with van der Waals surface area (Å²) in [6, 6.07) is 12.9. The summed E-state index contributed by atoms with van der Waals surface area (Å²) in [5.74, 6) is -0.183. The van der Waals surface area contributed by atoms with Gasteiger partial charge < -0.3 is 25.2 Å². The van der Waals surface area contributed by atoms with E-state index in [-0.39, 0.29) is 11.4 Å². The van der Waals surface area contributed by atoms with Gasteiger partial charge in [-0.25, -0.2) is 8.42 Å². The second-order valence-electron chi connectivity index (χ2n) is 8.71. The molecule has 0 heterocycles. The van der Waals surface area contributed by atoms with E-state index in [4.69, 9.17) is 4.74 Å². The topological polar surface area (TPSA) is 111 Å². The van der Waals surface area contributed by atoms with E-state index in [1.165, 1.54) is 23.4 Å². The van der Waals surface area contributed by atoms with Gasteiger partial charge in [0.25, 0.3) is 0 Å². The van der Waals surface area contributed by atoms with Crippen molar-refractivity contribution in [1.82, 2.24) is 5.32 Å². The van der Waals surface area contributed by atoms with E-state index in [9.17, 15) is 18.6 Å². The fourth-order valence-electron chi connectivity index (χ4n) is 3.46. The van der Waals surface area contributed by atoms with Gasteiger partial charge in [-0.15, -0.1) is 0 Å². The smallest absolute Gasteiger partial charge is 0.229 e. The molecule has 2 aromatic rings. The van der Waals surface area contributed by atoms with Gasteiger partial charge in [0.1, 0.15) is 5.75 Å². The number of unbranched alkanes of at least 4 members (excludes halogenated alkanes) is 3. The van der Waals surface area contributed by atoms with Gasteiger partial charge in [-0.2, -0.15) is 0 Å². The van der Waals surface area contributed by atoms with Gasteiger partial charge >= 0.3 is 0 Å². The Kier molecular flexibility index (Phi) is 11.6. The van der Waals surface area contributed by atoms with Crippen molar-refractivity contribution in [1.29, 1.82) is 0 Å². The minimum Gasteiger partial charge on any atom is -0.506 e. The summed E-state index contributed by atoms with van der Waals surface area (Å²) in [6.45, 7) is 2.64. The van der Waals surface area contributed by atoms with Gasteiger partial charge in [-0.3, -0.25) is 4.72 Å². The molecule has 0 fully saturated rings. The van der Waals surface area contributed by atoms with E-state index in [0.717, 1.165) is 58.1 Å². The van der Waals surface area contributed by atoms with Crippen LogP contribution in [0.2, 0.25) is 0 Å². The molecule has 0 aliphatic carbocycles. The number of benzene rings is 2. The predicted octanol–water partition coefficient (Wildman–Crippen LogP) is 3.27. The maximum absolute atomic E-state index is 11.4. The molecular formula is C25H39N3O5S. The van der Waals surface area contributed by atoms with Crippen LogP contribution in [0.1, 0.15) is 42.9 Å². The first-order valence-corrected chi connectivity index (χ1v) is 13.6. The highest BCUT2D eigenvalue weighted by Gasteiger charge is 2.12. The monoisotopic (exact) mass is 493 g/mol. The maximum atomic E-state index is 11.4. The van der Waals surface area contributed by atoms with Gasteiger partial charge in [0.15, 0.2) is 0 Å². The number of phenolic OH excluding ortho intramolecular Hbond substituents is 1. The van der Waals surface area contributed by atoms with Crippen LogP contribution in [-0.2, 0) is 21.2 Å². The van der Waals surface area contributed by atoms with Crippen LogP contribution in [0.15, 0.2) is 42.5 Å². The normalized spacial score (nSPS) is 12.5. The molecule has 0 aliphatic heterocycles. The predicted molar refractivity (Wildman–Crippen MR) is 138 cm³/mol. The number of nitrogens with one attached hydrogen (secondary N) is 2. The van der Waals surface area contributed by atoms with Crippen molar-refractivity contribution in [2.24, 2.45) is 0 Å².